The predicted octanol–water partition coefficient (Wildman–Crippen LogP) is 3.63. The fraction of sp³-hybridized carbons (Fsp3) is 0.538. The highest BCUT2D eigenvalue weighted by molar-refractivity contribution is 5.37. The zero-order valence-corrected chi connectivity index (χ0v) is 10.3. The summed E-state index contributed by atoms with van der Waals surface area (Å²) < 4.78 is 40.9. The molecule has 18 heavy (non-hydrogen) atoms. The normalized spacial score (nSPS) is 23.6. The Hall–Kier alpha value is -1.23. The quantitative estimate of drug-likeness (QED) is 0.899. The van der Waals surface area contributed by atoms with Gasteiger partial charge in [-0.25, -0.2) is 0 Å². The van der Waals surface area contributed by atoms with Crippen molar-refractivity contribution in [2.75, 3.05) is 0 Å². The molecule has 2 unspecified atom stereocenters. The van der Waals surface area contributed by atoms with Crippen LogP contribution in [0.25, 0.3) is 0 Å². The van der Waals surface area contributed by atoms with Gasteiger partial charge in [0.2, 0.25) is 0 Å². The molecule has 5 heteroatoms. The molecule has 2 N–H and O–H groups in total. The summed E-state index contributed by atoms with van der Waals surface area (Å²) in [4.78, 5) is 0. The summed E-state index contributed by atoms with van der Waals surface area (Å²) in [6, 6.07) is 5.67. The highest BCUT2D eigenvalue weighted by Crippen LogP contribution is 2.57. The van der Waals surface area contributed by atoms with Gasteiger partial charge in [0, 0.05) is 11.6 Å². The Morgan fingerprint density at radius 1 is 1.33 bits per heavy atom. The summed E-state index contributed by atoms with van der Waals surface area (Å²) in [5.41, 5.74) is 6.57. The van der Waals surface area contributed by atoms with Crippen molar-refractivity contribution in [1.82, 2.24) is 0 Å². The van der Waals surface area contributed by atoms with Crippen LogP contribution < -0.4 is 10.5 Å². The number of ether oxygens (including phenoxy) is 1. The van der Waals surface area contributed by atoms with E-state index in [-0.39, 0.29) is 17.1 Å². The first-order valence-corrected chi connectivity index (χ1v) is 5.81. The minimum atomic E-state index is -4.69. The minimum Gasteiger partial charge on any atom is -0.405 e. The molecule has 2 nitrogen and oxygen atoms in total. The lowest BCUT2D eigenvalue weighted by Crippen LogP contribution is -2.21. The van der Waals surface area contributed by atoms with E-state index in [0.717, 1.165) is 6.42 Å². The van der Waals surface area contributed by atoms with E-state index in [1.807, 2.05) is 0 Å². The first-order chi connectivity index (χ1) is 8.21. The second-order valence-electron chi connectivity index (χ2n) is 5.41. The van der Waals surface area contributed by atoms with Crippen molar-refractivity contribution in [3.63, 3.8) is 0 Å². The fourth-order valence-corrected chi connectivity index (χ4v) is 2.31. The average molecular weight is 259 g/mol. The lowest BCUT2D eigenvalue weighted by Gasteiger charge is -2.19. The monoisotopic (exact) mass is 259 g/mol. The number of rotatable bonds is 3. The average Bonchev–Trinajstić information content (AvgIpc) is 2.85. The Kier molecular flexibility index (Phi) is 3.05. The highest BCUT2D eigenvalue weighted by atomic mass is 19.4. The van der Waals surface area contributed by atoms with Crippen LogP contribution in [0, 0.1) is 11.3 Å². The molecule has 2 atom stereocenters. The van der Waals surface area contributed by atoms with E-state index in [1.165, 1.54) is 12.1 Å². The van der Waals surface area contributed by atoms with Gasteiger partial charge in [0.15, 0.2) is 0 Å². The topological polar surface area (TPSA) is 35.2 Å². The van der Waals surface area contributed by atoms with Crippen LogP contribution in [0.4, 0.5) is 13.2 Å². The molecule has 0 spiro atoms. The lowest BCUT2D eigenvalue weighted by atomic mass is 9.97. The van der Waals surface area contributed by atoms with Crippen LogP contribution in [0.1, 0.15) is 31.9 Å². The number of nitrogens with two attached hydrogens (primary N) is 1. The minimum absolute atomic E-state index is 0.102. The van der Waals surface area contributed by atoms with Crippen molar-refractivity contribution in [3.8, 4) is 5.75 Å². The Balaban J connectivity index is 2.23. The fourth-order valence-electron chi connectivity index (χ4n) is 2.31. The molecule has 0 radical (unpaired) electrons. The Morgan fingerprint density at radius 3 is 2.39 bits per heavy atom. The van der Waals surface area contributed by atoms with E-state index in [0.29, 0.717) is 5.56 Å². The standard InChI is InChI=1S/C13H16F3NO/c1-12(2)7-9(12)11(17)8-5-3-4-6-10(8)18-13(14,15)16/h3-6,9,11H,7,17H2,1-2H3. The van der Waals surface area contributed by atoms with Crippen molar-refractivity contribution in [1.29, 1.82) is 0 Å². The van der Waals surface area contributed by atoms with Gasteiger partial charge in [-0.2, -0.15) is 0 Å². The SMILES string of the molecule is CC1(C)CC1C(N)c1ccccc1OC(F)(F)F. The van der Waals surface area contributed by atoms with Gasteiger partial charge >= 0.3 is 6.36 Å². The van der Waals surface area contributed by atoms with E-state index in [2.05, 4.69) is 18.6 Å². The van der Waals surface area contributed by atoms with Crippen molar-refractivity contribution >= 4 is 0 Å². The van der Waals surface area contributed by atoms with E-state index < -0.39 is 12.4 Å². The number of benzene rings is 1. The summed E-state index contributed by atoms with van der Waals surface area (Å²) in [7, 11) is 0. The van der Waals surface area contributed by atoms with Crippen molar-refractivity contribution in [2.45, 2.75) is 32.7 Å². The summed E-state index contributed by atoms with van der Waals surface area (Å²) >= 11 is 0. The summed E-state index contributed by atoms with van der Waals surface area (Å²) in [5.74, 6) is 0.00989. The van der Waals surface area contributed by atoms with Crippen LogP contribution in [-0.4, -0.2) is 6.36 Å². The maximum Gasteiger partial charge on any atom is 0.573 e. The van der Waals surface area contributed by atoms with Crippen LogP contribution in [0.5, 0.6) is 5.75 Å². The molecule has 0 saturated heterocycles. The van der Waals surface area contributed by atoms with Crippen LogP contribution >= 0.6 is 0 Å². The molecule has 1 aromatic rings. The van der Waals surface area contributed by atoms with Gasteiger partial charge in [0.25, 0.3) is 0 Å². The summed E-state index contributed by atoms with van der Waals surface area (Å²) in [5, 5.41) is 0. The molecule has 1 aliphatic rings. The van der Waals surface area contributed by atoms with Crippen LogP contribution in [-0.2, 0) is 0 Å². The largest absolute Gasteiger partial charge is 0.573 e. The number of para-hydroxylation sites is 1. The van der Waals surface area contributed by atoms with Gasteiger partial charge in [0.1, 0.15) is 5.75 Å². The third-order valence-electron chi connectivity index (χ3n) is 3.53. The van der Waals surface area contributed by atoms with Gasteiger partial charge in [-0.1, -0.05) is 32.0 Å². The molecule has 0 heterocycles. The second-order valence-corrected chi connectivity index (χ2v) is 5.41. The Morgan fingerprint density at radius 2 is 1.89 bits per heavy atom. The maximum absolute atomic E-state index is 12.3. The van der Waals surface area contributed by atoms with Crippen LogP contribution in [0.15, 0.2) is 24.3 Å². The molecular weight excluding hydrogens is 243 g/mol. The molecule has 0 bridgehead atoms. The maximum atomic E-state index is 12.3. The first-order valence-electron chi connectivity index (χ1n) is 5.81. The zero-order chi connectivity index (χ0) is 13.6. The van der Waals surface area contributed by atoms with E-state index in [1.54, 1.807) is 12.1 Å². The Labute approximate surface area is 104 Å². The summed E-state index contributed by atoms with van der Waals surface area (Å²) in [6.45, 7) is 4.12. The molecule has 1 aromatic carbocycles. The van der Waals surface area contributed by atoms with Crippen molar-refractivity contribution in [3.05, 3.63) is 29.8 Å². The smallest absolute Gasteiger partial charge is 0.405 e. The van der Waals surface area contributed by atoms with E-state index in [4.69, 9.17) is 5.73 Å². The van der Waals surface area contributed by atoms with E-state index >= 15 is 0 Å². The number of alkyl halides is 3. The van der Waals surface area contributed by atoms with Crippen LogP contribution in [0.2, 0.25) is 0 Å². The molecular formula is C13H16F3NO. The molecule has 1 saturated carbocycles. The highest BCUT2D eigenvalue weighted by Gasteiger charge is 2.50. The molecule has 1 fully saturated rings. The van der Waals surface area contributed by atoms with Gasteiger partial charge in [-0.15, -0.1) is 13.2 Å². The molecule has 1 aliphatic carbocycles. The second kappa shape index (κ2) is 4.16. The van der Waals surface area contributed by atoms with Crippen molar-refractivity contribution in [2.24, 2.45) is 17.1 Å². The third-order valence-corrected chi connectivity index (χ3v) is 3.53. The van der Waals surface area contributed by atoms with Gasteiger partial charge in [0.05, 0.1) is 0 Å². The number of hydrogen-bond acceptors (Lipinski definition) is 2. The first kappa shape index (κ1) is 13.2. The zero-order valence-electron chi connectivity index (χ0n) is 10.3. The predicted molar refractivity (Wildman–Crippen MR) is 61.9 cm³/mol. The molecule has 100 valence electrons. The van der Waals surface area contributed by atoms with Gasteiger partial charge in [-0.3, -0.25) is 0 Å². The van der Waals surface area contributed by atoms with Gasteiger partial charge < -0.3 is 10.5 Å². The number of halogens is 3. The number of hydrogen-bond donors (Lipinski definition) is 1. The van der Waals surface area contributed by atoms with Crippen LogP contribution in [0.3, 0.4) is 0 Å². The van der Waals surface area contributed by atoms with E-state index in [9.17, 15) is 13.2 Å². The molecule has 0 amide bonds. The molecule has 0 aliphatic heterocycles. The summed E-state index contributed by atoms with van der Waals surface area (Å²) in [6.07, 6.45) is -3.76. The van der Waals surface area contributed by atoms with Gasteiger partial charge in [-0.05, 0) is 23.8 Å². The lowest BCUT2D eigenvalue weighted by molar-refractivity contribution is -0.275. The molecule has 0 aromatic heterocycles. The van der Waals surface area contributed by atoms with Crippen molar-refractivity contribution < 1.29 is 17.9 Å². The Bertz CT molecular complexity index is 442. The molecule has 2 rings (SSSR count). The third kappa shape index (κ3) is 2.77.